The lowest BCUT2D eigenvalue weighted by molar-refractivity contribution is -0.138. The average molecular weight is 385 g/mol. The maximum atomic E-state index is 12.4. The summed E-state index contributed by atoms with van der Waals surface area (Å²) in [5, 5.41) is 0. The van der Waals surface area contributed by atoms with Crippen LogP contribution in [0.1, 0.15) is 10.4 Å². The zero-order valence-electron chi connectivity index (χ0n) is 13.2. The van der Waals surface area contributed by atoms with Gasteiger partial charge in [-0.15, -0.1) is 0 Å². The van der Waals surface area contributed by atoms with Gasteiger partial charge >= 0.3 is 0 Å². The number of hydrogen-bond donors (Lipinski definition) is 0. The first-order chi connectivity index (χ1) is 11.1. The van der Waals surface area contributed by atoms with Crippen LogP contribution >= 0.6 is 15.9 Å². The van der Waals surface area contributed by atoms with Crippen LogP contribution in [0, 0.1) is 0 Å². The zero-order chi connectivity index (χ0) is 16.7. The van der Waals surface area contributed by atoms with Crippen LogP contribution in [0.25, 0.3) is 0 Å². The molecule has 1 aromatic rings. The third-order valence-corrected chi connectivity index (χ3v) is 4.20. The number of benzene rings is 1. The van der Waals surface area contributed by atoms with Gasteiger partial charge in [0.05, 0.1) is 13.2 Å². The van der Waals surface area contributed by atoms with E-state index in [0.717, 1.165) is 4.47 Å². The minimum Gasteiger partial charge on any atom is -0.382 e. The van der Waals surface area contributed by atoms with Crippen molar-refractivity contribution < 1.29 is 19.1 Å². The van der Waals surface area contributed by atoms with Gasteiger partial charge in [-0.3, -0.25) is 9.59 Å². The molecule has 7 heteroatoms. The Bertz CT molecular complexity index is 527. The van der Waals surface area contributed by atoms with Crippen LogP contribution in [0.2, 0.25) is 0 Å². The van der Waals surface area contributed by atoms with Gasteiger partial charge in [-0.2, -0.15) is 0 Å². The Morgan fingerprint density at radius 1 is 1.04 bits per heavy atom. The lowest BCUT2D eigenvalue weighted by atomic mass is 10.2. The van der Waals surface area contributed by atoms with Gasteiger partial charge < -0.3 is 19.3 Å². The zero-order valence-corrected chi connectivity index (χ0v) is 14.8. The molecule has 0 atom stereocenters. The molecule has 1 heterocycles. The van der Waals surface area contributed by atoms with Gasteiger partial charge in [0, 0.05) is 43.3 Å². The van der Waals surface area contributed by atoms with Crippen molar-refractivity contribution in [2.24, 2.45) is 0 Å². The summed E-state index contributed by atoms with van der Waals surface area (Å²) in [4.78, 5) is 27.9. The molecule has 0 N–H and O–H groups in total. The van der Waals surface area contributed by atoms with Crippen LogP contribution in [0.3, 0.4) is 0 Å². The van der Waals surface area contributed by atoms with Gasteiger partial charge in [0.2, 0.25) is 5.91 Å². The van der Waals surface area contributed by atoms with Crippen LogP contribution in [-0.2, 0) is 14.3 Å². The molecule has 1 saturated heterocycles. The summed E-state index contributed by atoms with van der Waals surface area (Å²) < 4.78 is 11.0. The van der Waals surface area contributed by atoms with E-state index in [0.29, 0.717) is 45.0 Å². The smallest absolute Gasteiger partial charge is 0.253 e. The molecule has 1 aliphatic heterocycles. The Hall–Kier alpha value is -1.44. The van der Waals surface area contributed by atoms with Crippen molar-refractivity contribution in [2.45, 2.75) is 0 Å². The second kappa shape index (κ2) is 9.00. The molecular formula is C16H21BrN2O4. The average Bonchev–Trinajstić information content (AvgIpc) is 2.59. The number of amides is 2. The summed E-state index contributed by atoms with van der Waals surface area (Å²) in [6, 6.07) is 7.30. The standard InChI is InChI=1S/C16H21BrN2O4/c1-22-10-11-23-12-15(20)18-6-8-19(9-7-18)16(21)13-2-4-14(17)5-3-13/h2-5H,6-12H2,1H3. The predicted octanol–water partition coefficient (Wildman–Crippen LogP) is 1.40. The summed E-state index contributed by atoms with van der Waals surface area (Å²) in [7, 11) is 1.59. The first-order valence-corrected chi connectivity index (χ1v) is 8.30. The van der Waals surface area contributed by atoms with E-state index in [4.69, 9.17) is 9.47 Å². The summed E-state index contributed by atoms with van der Waals surface area (Å²) in [5.41, 5.74) is 0.663. The van der Waals surface area contributed by atoms with Crippen molar-refractivity contribution in [3.63, 3.8) is 0 Å². The predicted molar refractivity (Wildman–Crippen MR) is 89.3 cm³/mol. The van der Waals surface area contributed by atoms with Crippen LogP contribution in [-0.4, -0.2) is 74.7 Å². The molecule has 0 bridgehead atoms. The van der Waals surface area contributed by atoms with E-state index in [-0.39, 0.29) is 18.4 Å². The lowest BCUT2D eigenvalue weighted by Gasteiger charge is -2.34. The molecule has 0 aromatic heterocycles. The van der Waals surface area contributed by atoms with Crippen molar-refractivity contribution in [2.75, 3.05) is 53.1 Å². The minimum atomic E-state index is -0.0446. The Kier molecular flexibility index (Phi) is 7.01. The van der Waals surface area contributed by atoms with Gasteiger partial charge in [0.15, 0.2) is 0 Å². The molecule has 1 fully saturated rings. The van der Waals surface area contributed by atoms with Crippen molar-refractivity contribution in [3.05, 3.63) is 34.3 Å². The molecule has 6 nitrogen and oxygen atoms in total. The highest BCUT2D eigenvalue weighted by atomic mass is 79.9. The first kappa shape index (κ1) is 17.9. The number of carbonyl (C=O) groups excluding carboxylic acids is 2. The second-order valence-corrected chi connectivity index (χ2v) is 6.14. The lowest BCUT2D eigenvalue weighted by Crippen LogP contribution is -2.51. The van der Waals surface area contributed by atoms with Gasteiger partial charge in [-0.25, -0.2) is 0 Å². The number of ether oxygens (including phenoxy) is 2. The van der Waals surface area contributed by atoms with Crippen LogP contribution in [0.4, 0.5) is 0 Å². The Labute approximate surface area is 144 Å². The highest BCUT2D eigenvalue weighted by Gasteiger charge is 2.24. The van der Waals surface area contributed by atoms with Crippen molar-refractivity contribution in [1.82, 2.24) is 9.80 Å². The quantitative estimate of drug-likeness (QED) is 0.695. The monoisotopic (exact) mass is 384 g/mol. The Morgan fingerprint density at radius 2 is 1.65 bits per heavy atom. The molecule has 0 unspecified atom stereocenters. The van der Waals surface area contributed by atoms with E-state index < -0.39 is 0 Å². The van der Waals surface area contributed by atoms with E-state index in [1.54, 1.807) is 29.0 Å². The molecule has 1 aromatic carbocycles. The minimum absolute atomic E-state index is 0.000874. The number of rotatable bonds is 6. The fourth-order valence-electron chi connectivity index (χ4n) is 2.33. The summed E-state index contributed by atoms with van der Waals surface area (Å²) in [5.74, 6) is -0.0437. The molecule has 1 aliphatic rings. The molecule has 2 rings (SSSR count). The third kappa shape index (κ3) is 5.30. The number of methoxy groups -OCH3 is 1. The maximum Gasteiger partial charge on any atom is 0.253 e. The molecule has 0 radical (unpaired) electrons. The van der Waals surface area contributed by atoms with Crippen molar-refractivity contribution in [1.29, 1.82) is 0 Å². The molecule has 0 aliphatic carbocycles. The van der Waals surface area contributed by atoms with Crippen molar-refractivity contribution in [3.8, 4) is 0 Å². The summed E-state index contributed by atoms with van der Waals surface area (Å²) >= 11 is 3.36. The number of piperazine rings is 1. The fourth-order valence-corrected chi connectivity index (χ4v) is 2.59. The van der Waals surface area contributed by atoms with Crippen LogP contribution in [0.5, 0.6) is 0 Å². The third-order valence-electron chi connectivity index (χ3n) is 3.67. The maximum absolute atomic E-state index is 12.4. The highest BCUT2D eigenvalue weighted by Crippen LogP contribution is 2.13. The van der Waals surface area contributed by atoms with Crippen LogP contribution in [0.15, 0.2) is 28.7 Å². The molecule has 0 spiro atoms. The van der Waals surface area contributed by atoms with E-state index in [1.807, 2.05) is 12.1 Å². The number of nitrogens with zero attached hydrogens (tertiary/aromatic N) is 2. The molecule has 23 heavy (non-hydrogen) atoms. The molecule has 2 amide bonds. The molecule has 126 valence electrons. The summed E-state index contributed by atoms with van der Waals surface area (Å²) in [6.07, 6.45) is 0. The largest absolute Gasteiger partial charge is 0.382 e. The van der Waals surface area contributed by atoms with E-state index in [9.17, 15) is 9.59 Å². The van der Waals surface area contributed by atoms with E-state index >= 15 is 0 Å². The van der Waals surface area contributed by atoms with Gasteiger partial charge in [0.1, 0.15) is 6.61 Å². The number of halogens is 1. The van der Waals surface area contributed by atoms with E-state index in [1.165, 1.54) is 0 Å². The molecular weight excluding hydrogens is 364 g/mol. The Balaban J connectivity index is 1.78. The van der Waals surface area contributed by atoms with Gasteiger partial charge in [-0.1, -0.05) is 15.9 Å². The second-order valence-electron chi connectivity index (χ2n) is 5.23. The van der Waals surface area contributed by atoms with Crippen molar-refractivity contribution >= 4 is 27.7 Å². The van der Waals surface area contributed by atoms with Gasteiger partial charge in [0.25, 0.3) is 5.91 Å². The number of carbonyl (C=O) groups is 2. The Morgan fingerprint density at radius 3 is 2.26 bits per heavy atom. The topological polar surface area (TPSA) is 59.1 Å². The molecule has 0 saturated carbocycles. The first-order valence-electron chi connectivity index (χ1n) is 7.51. The normalized spacial score (nSPS) is 14.9. The van der Waals surface area contributed by atoms with Gasteiger partial charge in [-0.05, 0) is 24.3 Å². The number of hydrogen-bond acceptors (Lipinski definition) is 4. The van der Waals surface area contributed by atoms with Crippen LogP contribution < -0.4 is 0 Å². The SMILES string of the molecule is COCCOCC(=O)N1CCN(C(=O)c2ccc(Br)cc2)CC1. The highest BCUT2D eigenvalue weighted by molar-refractivity contribution is 9.10. The van der Waals surface area contributed by atoms with E-state index in [2.05, 4.69) is 15.9 Å². The summed E-state index contributed by atoms with van der Waals surface area (Å²) in [6.45, 7) is 3.10. The fraction of sp³-hybridized carbons (Fsp3) is 0.500.